The average molecular weight is 517 g/mol. The standard InChI is InChI=1S/C37H44N2/c1-3-36(38,4-2)35(31-17-9-5-10-18-31)25-28-39(29-26-35)30-27-37(32-19-11-6-12-20-32,33-21-13-7-14-22-33)34-23-15-8-16-24-34/h5-24H,3-4,25-30,38H2,1-2H3. The van der Waals surface area contributed by atoms with Crippen LogP contribution in [-0.4, -0.2) is 30.1 Å². The van der Waals surface area contributed by atoms with E-state index in [0.717, 1.165) is 51.7 Å². The second kappa shape index (κ2) is 11.9. The number of piperidine rings is 1. The summed E-state index contributed by atoms with van der Waals surface area (Å²) in [6.45, 7) is 7.73. The largest absolute Gasteiger partial charge is 0.324 e. The predicted octanol–water partition coefficient (Wildman–Crippen LogP) is 7.96. The Labute approximate surface area is 235 Å². The molecule has 4 aromatic rings. The fourth-order valence-corrected chi connectivity index (χ4v) is 7.34. The smallest absolute Gasteiger partial charge is 0.0463 e. The van der Waals surface area contributed by atoms with Crippen LogP contribution in [0.2, 0.25) is 0 Å². The quantitative estimate of drug-likeness (QED) is 0.217. The highest BCUT2D eigenvalue weighted by molar-refractivity contribution is 5.50. The van der Waals surface area contributed by atoms with Crippen molar-refractivity contribution >= 4 is 0 Å². The second-order valence-corrected chi connectivity index (χ2v) is 11.4. The number of hydrogen-bond donors (Lipinski definition) is 1. The molecule has 2 N–H and O–H groups in total. The summed E-state index contributed by atoms with van der Waals surface area (Å²) < 4.78 is 0. The lowest BCUT2D eigenvalue weighted by Crippen LogP contribution is -2.61. The van der Waals surface area contributed by atoms with Gasteiger partial charge in [0.2, 0.25) is 0 Å². The first-order chi connectivity index (χ1) is 19.1. The van der Waals surface area contributed by atoms with E-state index in [2.05, 4.69) is 140 Å². The Bertz CT molecular complexity index is 1180. The van der Waals surface area contributed by atoms with Gasteiger partial charge < -0.3 is 10.6 Å². The molecule has 0 bridgehead atoms. The summed E-state index contributed by atoms with van der Waals surface area (Å²) in [5.74, 6) is 0. The summed E-state index contributed by atoms with van der Waals surface area (Å²) in [5, 5.41) is 0. The summed E-state index contributed by atoms with van der Waals surface area (Å²) in [6.07, 6.45) is 5.22. The molecule has 0 saturated carbocycles. The Kier molecular flexibility index (Phi) is 8.35. The first kappa shape index (κ1) is 27.4. The molecule has 0 amide bonds. The lowest BCUT2D eigenvalue weighted by Gasteiger charge is -2.53. The van der Waals surface area contributed by atoms with Crippen molar-refractivity contribution in [3.05, 3.63) is 144 Å². The Hall–Kier alpha value is -3.20. The van der Waals surface area contributed by atoms with E-state index in [1.165, 1.54) is 22.3 Å². The predicted molar refractivity (Wildman–Crippen MR) is 165 cm³/mol. The molecule has 5 rings (SSSR count). The third-order valence-corrected chi connectivity index (χ3v) is 9.85. The minimum absolute atomic E-state index is 0.0175. The van der Waals surface area contributed by atoms with Crippen LogP contribution in [0.25, 0.3) is 0 Å². The molecule has 1 fully saturated rings. The summed E-state index contributed by atoms with van der Waals surface area (Å²) >= 11 is 0. The molecule has 1 aliphatic rings. The zero-order chi connectivity index (χ0) is 27.2. The van der Waals surface area contributed by atoms with Gasteiger partial charge in [0, 0.05) is 16.4 Å². The van der Waals surface area contributed by atoms with Gasteiger partial charge in [-0.3, -0.25) is 0 Å². The van der Waals surface area contributed by atoms with Crippen LogP contribution < -0.4 is 5.73 Å². The van der Waals surface area contributed by atoms with E-state index in [1.54, 1.807) is 0 Å². The van der Waals surface area contributed by atoms with Gasteiger partial charge in [-0.2, -0.15) is 0 Å². The lowest BCUT2D eigenvalue weighted by atomic mass is 9.58. The maximum Gasteiger partial charge on any atom is 0.0463 e. The molecule has 1 heterocycles. The molecule has 4 aromatic carbocycles. The highest BCUT2D eigenvalue weighted by Gasteiger charge is 2.49. The molecule has 0 atom stereocenters. The first-order valence-corrected chi connectivity index (χ1v) is 14.8. The van der Waals surface area contributed by atoms with Gasteiger partial charge in [-0.15, -0.1) is 0 Å². The van der Waals surface area contributed by atoms with Crippen molar-refractivity contribution in [1.29, 1.82) is 0 Å². The van der Waals surface area contributed by atoms with Crippen molar-refractivity contribution in [3.63, 3.8) is 0 Å². The summed E-state index contributed by atoms with van der Waals surface area (Å²) in [4.78, 5) is 2.69. The van der Waals surface area contributed by atoms with Crippen LogP contribution in [0.4, 0.5) is 0 Å². The van der Waals surface area contributed by atoms with Crippen molar-refractivity contribution in [2.45, 2.75) is 62.3 Å². The average Bonchev–Trinajstić information content (AvgIpc) is 3.03. The van der Waals surface area contributed by atoms with E-state index in [1.807, 2.05) is 0 Å². The van der Waals surface area contributed by atoms with Crippen molar-refractivity contribution in [3.8, 4) is 0 Å². The van der Waals surface area contributed by atoms with Gasteiger partial charge in [0.15, 0.2) is 0 Å². The third-order valence-electron chi connectivity index (χ3n) is 9.85. The van der Waals surface area contributed by atoms with Crippen LogP contribution >= 0.6 is 0 Å². The summed E-state index contributed by atoms with van der Waals surface area (Å²) in [7, 11) is 0. The summed E-state index contributed by atoms with van der Waals surface area (Å²) in [6, 6.07) is 44.4. The zero-order valence-electron chi connectivity index (χ0n) is 23.7. The molecule has 0 unspecified atom stereocenters. The van der Waals surface area contributed by atoms with Crippen molar-refractivity contribution < 1.29 is 0 Å². The molecule has 2 heteroatoms. The Morgan fingerprint density at radius 1 is 0.615 bits per heavy atom. The SMILES string of the molecule is CCC(N)(CC)C1(c2ccccc2)CCN(CCC(c2ccccc2)(c2ccccc2)c2ccccc2)CC1. The highest BCUT2D eigenvalue weighted by atomic mass is 15.1. The summed E-state index contributed by atoms with van der Waals surface area (Å²) in [5.41, 5.74) is 12.3. The van der Waals surface area contributed by atoms with Gasteiger partial charge in [-0.25, -0.2) is 0 Å². The maximum absolute atomic E-state index is 7.24. The molecular formula is C37H44N2. The first-order valence-electron chi connectivity index (χ1n) is 14.8. The van der Waals surface area contributed by atoms with Crippen LogP contribution in [0, 0.1) is 0 Å². The topological polar surface area (TPSA) is 29.3 Å². The fourth-order valence-electron chi connectivity index (χ4n) is 7.34. The molecule has 202 valence electrons. The number of benzene rings is 4. The van der Waals surface area contributed by atoms with Crippen LogP contribution in [0.15, 0.2) is 121 Å². The van der Waals surface area contributed by atoms with E-state index in [-0.39, 0.29) is 16.4 Å². The molecular weight excluding hydrogens is 472 g/mol. The minimum Gasteiger partial charge on any atom is -0.324 e. The van der Waals surface area contributed by atoms with Crippen molar-refractivity contribution in [2.24, 2.45) is 5.73 Å². The van der Waals surface area contributed by atoms with E-state index >= 15 is 0 Å². The molecule has 1 aliphatic heterocycles. The monoisotopic (exact) mass is 516 g/mol. The molecule has 39 heavy (non-hydrogen) atoms. The van der Waals surface area contributed by atoms with Crippen LogP contribution in [0.5, 0.6) is 0 Å². The third kappa shape index (κ3) is 5.09. The number of rotatable bonds is 10. The van der Waals surface area contributed by atoms with Crippen LogP contribution in [-0.2, 0) is 10.8 Å². The van der Waals surface area contributed by atoms with Gasteiger partial charge in [0.25, 0.3) is 0 Å². The minimum atomic E-state index is -0.206. The van der Waals surface area contributed by atoms with Crippen LogP contribution in [0.3, 0.4) is 0 Å². The van der Waals surface area contributed by atoms with Gasteiger partial charge in [-0.1, -0.05) is 135 Å². The van der Waals surface area contributed by atoms with E-state index < -0.39 is 0 Å². The number of likely N-dealkylation sites (tertiary alicyclic amines) is 1. The normalized spacial score (nSPS) is 16.2. The van der Waals surface area contributed by atoms with Gasteiger partial charge in [0.1, 0.15) is 0 Å². The molecule has 0 radical (unpaired) electrons. The highest BCUT2D eigenvalue weighted by Crippen LogP contribution is 2.47. The molecule has 1 saturated heterocycles. The number of nitrogens with zero attached hydrogens (tertiary/aromatic N) is 1. The Morgan fingerprint density at radius 3 is 1.38 bits per heavy atom. The van der Waals surface area contributed by atoms with Gasteiger partial charge in [-0.05, 0) is 74.0 Å². The molecule has 2 nitrogen and oxygen atoms in total. The van der Waals surface area contributed by atoms with Crippen molar-refractivity contribution in [1.82, 2.24) is 4.90 Å². The molecule has 0 spiro atoms. The van der Waals surface area contributed by atoms with E-state index in [0.29, 0.717) is 0 Å². The second-order valence-electron chi connectivity index (χ2n) is 11.4. The fraction of sp³-hybridized carbons (Fsp3) is 0.351. The van der Waals surface area contributed by atoms with E-state index in [9.17, 15) is 0 Å². The zero-order valence-corrected chi connectivity index (χ0v) is 23.7. The van der Waals surface area contributed by atoms with E-state index in [4.69, 9.17) is 5.73 Å². The Morgan fingerprint density at radius 2 is 1.00 bits per heavy atom. The molecule has 0 aliphatic carbocycles. The lowest BCUT2D eigenvalue weighted by molar-refractivity contribution is 0.0846. The maximum atomic E-state index is 7.24. The Balaban J connectivity index is 1.46. The molecule has 0 aromatic heterocycles. The number of nitrogens with two attached hydrogens (primary N) is 1. The van der Waals surface area contributed by atoms with Crippen molar-refractivity contribution in [2.75, 3.05) is 19.6 Å². The number of hydrogen-bond acceptors (Lipinski definition) is 2. The van der Waals surface area contributed by atoms with Gasteiger partial charge in [0.05, 0.1) is 0 Å². The van der Waals surface area contributed by atoms with Gasteiger partial charge >= 0.3 is 0 Å². The van der Waals surface area contributed by atoms with Crippen LogP contribution in [0.1, 0.15) is 68.2 Å².